The Labute approximate surface area is 70.5 Å². The van der Waals surface area contributed by atoms with Gasteiger partial charge in [-0.15, -0.1) is 5.10 Å². The van der Waals surface area contributed by atoms with E-state index in [9.17, 15) is 0 Å². The van der Waals surface area contributed by atoms with Crippen LogP contribution >= 0.6 is 0 Å². The van der Waals surface area contributed by atoms with Gasteiger partial charge in [-0.1, -0.05) is 5.10 Å². The van der Waals surface area contributed by atoms with Gasteiger partial charge >= 0.3 is 0 Å². The maximum atomic E-state index is 3.93. The van der Waals surface area contributed by atoms with Crippen molar-refractivity contribution >= 4 is 5.95 Å². The van der Waals surface area contributed by atoms with Crippen molar-refractivity contribution in [1.29, 1.82) is 0 Å². The van der Waals surface area contributed by atoms with Crippen LogP contribution in [0.15, 0.2) is 0 Å². The van der Waals surface area contributed by atoms with Crippen LogP contribution < -0.4 is 4.90 Å². The molecule has 1 aliphatic rings. The van der Waals surface area contributed by atoms with E-state index < -0.39 is 0 Å². The van der Waals surface area contributed by atoms with Gasteiger partial charge in [-0.3, -0.25) is 0 Å². The third kappa shape index (κ3) is 1.38. The highest BCUT2D eigenvalue weighted by molar-refractivity contribution is 5.26. The fraction of sp³-hybridized carbons (Fsp3) is 0.833. The van der Waals surface area contributed by atoms with Gasteiger partial charge in [-0.05, 0) is 12.3 Å². The second kappa shape index (κ2) is 3.06. The molecule has 2 rings (SSSR count). The van der Waals surface area contributed by atoms with Gasteiger partial charge in [0.05, 0.1) is 0 Å². The van der Waals surface area contributed by atoms with E-state index in [0.29, 0.717) is 5.95 Å². The summed E-state index contributed by atoms with van der Waals surface area (Å²) in [7, 11) is 2.12. The van der Waals surface area contributed by atoms with E-state index in [0.717, 1.165) is 26.2 Å². The smallest absolute Gasteiger partial charge is 0.265 e. The first kappa shape index (κ1) is 7.48. The van der Waals surface area contributed by atoms with Crippen LogP contribution in [0, 0.1) is 0 Å². The lowest BCUT2D eigenvalue weighted by atomic mass is 10.3. The molecule has 1 saturated heterocycles. The largest absolute Gasteiger partial charge is 0.336 e. The molecule has 1 aromatic rings. The molecule has 66 valence electrons. The van der Waals surface area contributed by atoms with Crippen molar-refractivity contribution in [2.24, 2.45) is 0 Å². The van der Waals surface area contributed by atoms with Crippen molar-refractivity contribution in [3.05, 3.63) is 0 Å². The Balaban J connectivity index is 1.99. The SMILES string of the molecule is CN1CCN(c2nn[nH]n2)CC1. The number of hydrogen-bond acceptors (Lipinski definition) is 5. The van der Waals surface area contributed by atoms with Gasteiger partial charge in [0, 0.05) is 26.2 Å². The van der Waals surface area contributed by atoms with Crippen LogP contribution in [0.25, 0.3) is 0 Å². The number of nitrogens with zero attached hydrogens (tertiary/aromatic N) is 5. The summed E-state index contributed by atoms with van der Waals surface area (Å²) in [6.45, 7) is 4.09. The molecule has 1 N–H and O–H groups in total. The summed E-state index contributed by atoms with van der Waals surface area (Å²) < 4.78 is 0. The fourth-order valence-electron chi connectivity index (χ4n) is 1.30. The lowest BCUT2D eigenvalue weighted by molar-refractivity contribution is 0.311. The number of anilines is 1. The van der Waals surface area contributed by atoms with Gasteiger partial charge in [-0.25, -0.2) is 0 Å². The predicted molar refractivity (Wildman–Crippen MR) is 43.9 cm³/mol. The highest BCUT2D eigenvalue weighted by Crippen LogP contribution is 2.06. The van der Waals surface area contributed by atoms with Crippen LogP contribution in [0.5, 0.6) is 0 Å². The molecule has 0 radical (unpaired) electrons. The van der Waals surface area contributed by atoms with Crippen LogP contribution in [0.1, 0.15) is 0 Å². The maximum absolute atomic E-state index is 3.93. The van der Waals surface area contributed by atoms with E-state index in [2.05, 4.69) is 37.5 Å². The zero-order chi connectivity index (χ0) is 8.39. The van der Waals surface area contributed by atoms with Crippen molar-refractivity contribution in [1.82, 2.24) is 25.5 Å². The molecule has 2 heterocycles. The van der Waals surface area contributed by atoms with Crippen LogP contribution in [0.2, 0.25) is 0 Å². The number of rotatable bonds is 1. The lowest BCUT2D eigenvalue weighted by Crippen LogP contribution is -2.44. The maximum Gasteiger partial charge on any atom is 0.265 e. The zero-order valence-corrected chi connectivity index (χ0v) is 7.06. The summed E-state index contributed by atoms with van der Waals surface area (Å²) in [6, 6.07) is 0. The number of tetrazole rings is 1. The summed E-state index contributed by atoms with van der Waals surface area (Å²) in [5.74, 6) is 0.711. The molecule has 6 heteroatoms. The monoisotopic (exact) mass is 168 g/mol. The fourth-order valence-corrected chi connectivity index (χ4v) is 1.30. The number of aromatic nitrogens is 4. The van der Waals surface area contributed by atoms with Crippen molar-refractivity contribution in [3.63, 3.8) is 0 Å². The number of piperazine rings is 1. The normalized spacial score (nSPS) is 19.9. The van der Waals surface area contributed by atoms with E-state index >= 15 is 0 Å². The molecule has 0 spiro atoms. The first-order valence-corrected chi connectivity index (χ1v) is 4.03. The minimum Gasteiger partial charge on any atom is -0.336 e. The average Bonchev–Trinajstić information content (AvgIpc) is 2.58. The highest BCUT2D eigenvalue weighted by atomic mass is 15.5. The molecule has 0 aromatic carbocycles. The van der Waals surface area contributed by atoms with Gasteiger partial charge in [0.25, 0.3) is 5.95 Å². The van der Waals surface area contributed by atoms with E-state index in [1.165, 1.54) is 0 Å². The minimum absolute atomic E-state index is 0.711. The zero-order valence-electron chi connectivity index (χ0n) is 7.06. The topological polar surface area (TPSA) is 60.9 Å². The molecule has 0 atom stereocenters. The molecule has 12 heavy (non-hydrogen) atoms. The Morgan fingerprint density at radius 2 is 2.00 bits per heavy atom. The third-order valence-electron chi connectivity index (χ3n) is 2.12. The summed E-state index contributed by atoms with van der Waals surface area (Å²) in [4.78, 5) is 4.42. The van der Waals surface area contributed by atoms with Crippen LogP contribution in [0.4, 0.5) is 5.95 Å². The molecule has 1 fully saturated rings. The molecular weight excluding hydrogens is 156 g/mol. The number of likely N-dealkylation sites (N-methyl/N-ethyl adjacent to an activating group) is 1. The predicted octanol–water partition coefficient (Wildman–Crippen LogP) is -1.05. The second-order valence-corrected chi connectivity index (χ2v) is 3.00. The first-order chi connectivity index (χ1) is 5.86. The van der Waals surface area contributed by atoms with E-state index in [-0.39, 0.29) is 0 Å². The highest BCUT2D eigenvalue weighted by Gasteiger charge is 2.16. The first-order valence-electron chi connectivity index (χ1n) is 4.03. The number of nitrogens with one attached hydrogen (secondary N) is 1. The molecule has 0 bridgehead atoms. The van der Waals surface area contributed by atoms with Crippen LogP contribution in [-0.2, 0) is 0 Å². The van der Waals surface area contributed by atoms with Gasteiger partial charge in [-0.2, -0.15) is 5.21 Å². The molecule has 0 saturated carbocycles. The number of H-pyrrole nitrogens is 1. The number of aromatic amines is 1. The van der Waals surface area contributed by atoms with Crippen molar-refractivity contribution in [2.75, 3.05) is 38.1 Å². The molecule has 0 unspecified atom stereocenters. The van der Waals surface area contributed by atoms with Crippen LogP contribution in [-0.4, -0.2) is 58.8 Å². The molecular formula is C6H12N6. The Morgan fingerprint density at radius 3 is 2.58 bits per heavy atom. The summed E-state index contributed by atoms with van der Waals surface area (Å²) in [5, 5.41) is 13.8. The third-order valence-corrected chi connectivity index (χ3v) is 2.12. The quantitative estimate of drug-likeness (QED) is 0.580. The van der Waals surface area contributed by atoms with E-state index in [1.807, 2.05) is 0 Å². The van der Waals surface area contributed by atoms with Crippen molar-refractivity contribution < 1.29 is 0 Å². The Hall–Kier alpha value is -1.17. The van der Waals surface area contributed by atoms with Crippen molar-refractivity contribution in [3.8, 4) is 0 Å². The van der Waals surface area contributed by atoms with Gasteiger partial charge < -0.3 is 9.80 Å². The summed E-state index contributed by atoms with van der Waals surface area (Å²) in [5.41, 5.74) is 0. The second-order valence-electron chi connectivity index (χ2n) is 3.00. The minimum atomic E-state index is 0.711. The summed E-state index contributed by atoms with van der Waals surface area (Å²) >= 11 is 0. The number of hydrogen-bond donors (Lipinski definition) is 1. The average molecular weight is 168 g/mol. The lowest BCUT2D eigenvalue weighted by Gasteiger charge is -2.31. The molecule has 1 aliphatic heterocycles. The van der Waals surface area contributed by atoms with E-state index in [1.54, 1.807) is 0 Å². The van der Waals surface area contributed by atoms with Gasteiger partial charge in [0.1, 0.15) is 0 Å². The molecule has 1 aromatic heterocycles. The Bertz CT molecular complexity index is 224. The Morgan fingerprint density at radius 1 is 1.25 bits per heavy atom. The standard InChI is InChI=1S/C6H12N6/c1-11-2-4-12(5-3-11)6-7-9-10-8-6/h2-5H2,1H3,(H,7,8,9,10). The van der Waals surface area contributed by atoms with Gasteiger partial charge in [0.2, 0.25) is 0 Å². The van der Waals surface area contributed by atoms with Crippen molar-refractivity contribution in [2.45, 2.75) is 0 Å². The van der Waals surface area contributed by atoms with Crippen LogP contribution in [0.3, 0.4) is 0 Å². The molecule has 0 amide bonds. The molecule has 0 aliphatic carbocycles. The van der Waals surface area contributed by atoms with Gasteiger partial charge in [0.15, 0.2) is 0 Å². The summed E-state index contributed by atoms with van der Waals surface area (Å²) in [6.07, 6.45) is 0. The van der Waals surface area contributed by atoms with E-state index in [4.69, 9.17) is 0 Å². The Kier molecular flexibility index (Phi) is 1.91. The molecule has 6 nitrogen and oxygen atoms in total.